The molecule has 0 fully saturated rings. The predicted molar refractivity (Wildman–Crippen MR) is 89.4 cm³/mol. The van der Waals surface area contributed by atoms with E-state index in [1.165, 1.54) is 12.8 Å². The second-order valence-electron chi connectivity index (χ2n) is 3.35. The molecular formula is C16H38HfN2. The molecule has 0 amide bonds. The SMILES string of the molecule is CC[N-]CC.CC[N-]CC.C[CH-]CC.C[CH-]CC.[Hf+4]. The summed E-state index contributed by atoms with van der Waals surface area (Å²) in [7, 11) is 0. The van der Waals surface area contributed by atoms with Crippen molar-refractivity contribution >= 4 is 0 Å². The largest absolute Gasteiger partial charge is 4.00 e. The molecule has 0 rings (SSSR count). The molecule has 2 nitrogen and oxygen atoms in total. The molecule has 0 bridgehead atoms. The maximum Gasteiger partial charge on any atom is 4.00 e. The molecule has 0 saturated carbocycles. The van der Waals surface area contributed by atoms with E-state index in [0.717, 1.165) is 26.2 Å². The first-order valence-electron chi connectivity index (χ1n) is 7.48. The molecule has 116 valence electrons. The Labute approximate surface area is 143 Å². The Balaban J connectivity index is -0.0000000453. The zero-order valence-electron chi connectivity index (χ0n) is 14.8. The van der Waals surface area contributed by atoms with Crippen LogP contribution in [0.5, 0.6) is 0 Å². The topological polar surface area (TPSA) is 28.2 Å². The van der Waals surface area contributed by atoms with Crippen LogP contribution in [0, 0.1) is 12.8 Å². The van der Waals surface area contributed by atoms with Crippen LogP contribution in [0.15, 0.2) is 0 Å². The Morgan fingerprint density at radius 2 is 0.737 bits per heavy atom. The minimum atomic E-state index is 0. The quantitative estimate of drug-likeness (QED) is 0.359. The van der Waals surface area contributed by atoms with Crippen LogP contribution in [0.3, 0.4) is 0 Å². The first-order valence-corrected chi connectivity index (χ1v) is 7.48. The summed E-state index contributed by atoms with van der Waals surface area (Å²) >= 11 is 0. The van der Waals surface area contributed by atoms with Crippen LogP contribution in [-0.4, -0.2) is 26.2 Å². The maximum absolute atomic E-state index is 3.97. The van der Waals surface area contributed by atoms with Crippen molar-refractivity contribution in [1.82, 2.24) is 0 Å². The molecule has 0 aliphatic carbocycles. The van der Waals surface area contributed by atoms with Crippen molar-refractivity contribution < 1.29 is 25.8 Å². The summed E-state index contributed by atoms with van der Waals surface area (Å²) in [6.07, 6.45) is 6.64. The number of hydrogen-bond donors (Lipinski definition) is 0. The molecule has 0 aromatic heterocycles. The van der Waals surface area contributed by atoms with Crippen molar-refractivity contribution in [2.75, 3.05) is 26.2 Å². The smallest absolute Gasteiger partial charge is 0.663 e. The van der Waals surface area contributed by atoms with Gasteiger partial charge in [0.1, 0.15) is 0 Å². The van der Waals surface area contributed by atoms with Crippen molar-refractivity contribution in [3.8, 4) is 0 Å². The van der Waals surface area contributed by atoms with E-state index in [4.69, 9.17) is 0 Å². The number of hydrogen-bond acceptors (Lipinski definition) is 0. The normalized spacial score (nSPS) is 7.58. The molecule has 0 aliphatic heterocycles. The van der Waals surface area contributed by atoms with Gasteiger partial charge in [0.25, 0.3) is 0 Å². The van der Waals surface area contributed by atoms with E-state index < -0.39 is 0 Å². The van der Waals surface area contributed by atoms with Gasteiger partial charge in [-0.25, -0.2) is 0 Å². The molecule has 0 aromatic rings. The van der Waals surface area contributed by atoms with Crippen LogP contribution in [0.1, 0.15) is 68.2 Å². The van der Waals surface area contributed by atoms with Gasteiger partial charge in [-0.3, -0.25) is 0 Å². The average Bonchev–Trinajstić information content (AvgIpc) is 2.42. The Hall–Kier alpha value is 0.790. The Kier molecular flexibility index (Phi) is 85.9. The summed E-state index contributed by atoms with van der Waals surface area (Å²) in [5.74, 6) is 0. The van der Waals surface area contributed by atoms with Crippen LogP contribution in [0.2, 0.25) is 0 Å². The zero-order chi connectivity index (χ0) is 15.1. The van der Waals surface area contributed by atoms with Gasteiger partial charge in [-0.2, -0.15) is 52.9 Å². The van der Waals surface area contributed by atoms with E-state index >= 15 is 0 Å². The van der Waals surface area contributed by atoms with Gasteiger partial charge in [0.05, 0.1) is 0 Å². The predicted octanol–water partition coefficient (Wildman–Crippen LogP) is 6.04. The molecule has 0 unspecified atom stereocenters. The summed E-state index contributed by atoms with van der Waals surface area (Å²) in [4.78, 5) is 0. The molecule has 0 aliphatic rings. The Bertz CT molecular complexity index is 63.1. The zero-order valence-corrected chi connectivity index (χ0v) is 18.4. The van der Waals surface area contributed by atoms with Gasteiger partial charge in [-0.05, 0) is 0 Å². The van der Waals surface area contributed by atoms with Crippen molar-refractivity contribution in [3.05, 3.63) is 23.5 Å². The third kappa shape index (κ3) is 115. The summed E-state index contributed by atoms with van der Waals surface area (Å²) in [6.45, 7) is 20.4. The van der Waals surface area contributed by atoms with E-state index in [9.17, 15) is 0 Å². The van der Waals surface area contributed by atoms with E-state index in [1.54, 1.807) is 0 Å². The van der Waals surface area contributed by atoms with Crippen molar-refractivity contribution in [2.45, 2.75) is 68.2 Å². The van der Waals surface area contributed by atoms with Gasteiger partial charge in [0.2, 0.25) is 0 Å². The third-order valence-electron chi connectivity index (χ3n) is 1.71. The molecular weight excluding hydrogens is 399 g/mol. The monoisotopic (exact) mass is 438 g/mol. The van der Waals surface area contributed by atoms with Gasteiger partial charge in [-0.1, -0.05) is 41.5 Å². The van der Waals surface area contributed by atoms with E-state index in [2.05, 4.69) is 51.2 Å². The molecule has 0 aromatic carbocycles. The fraction of sp³-hybridized carbons (Fsp3) is 0.875. The van der Waals surface area contributed by atoms with E-state index in [1.807, 2.05) is 27.7 Å². The molecule has 19 heavy (non-hydrogen) atoms. The number of unbranched alkanes of at least 4 members (excludes halogenated alkanes) is 2. The van der Waals surface area contributed by atoms with Crippen LogP contribution in [0.4, 0.5) is 0 Å². The second-order valence-corrected chi connectivity index (χ2v) is 3.35. The van der Waals surface area contributed by atoms with Gasteiger partial charge in [-0.15, -0.1) is 0 Å². The maximum atomic E-state index is 3.97. The van der Waals surface area contributed by atoms with Gasteiger partial charge < -0.3 is 23.5 Å². The molecule has 0 spiro atoms. The van der Waals surface area contributed by atoms with Crippen molar-refractivity contribution in [1.29, 1.82) is 0 Å². The van der Waals surface area contributed by atoms with E-state index in [0.29, 0.717) is 0 Å². The minimum Gasteiger partial charge on any atom is -0.663 e. The Morgan fingerprint density at radius 1 is 0.579 bits per heavy atom. The van der Waals surface area contributed by atoms with Crippen LogP contribution in [-0.2, 0) is 25.8 Å². The van der Waals surface area contributed by atoms with Crippen LogP contribution < -0.4 is 0 Å². The molecule has 3 heteroatoms. The standard InChI is InChI=1S/2C4H10N.2C4H9.Hf/c2*1-3-5-4-2;2*1-3-4-2;/h2*3-4H2,1-2H3;2*3H,4H2,1-2H3;/q4*-1;+4. The van der Waals surface area contributed by atoms with Crippen LogP contribution in [0.25, 0.3) is 10.6 Å². The first kappa shape index (κ1) is 31.9. The summed E-state index contributed by atoms with van der Waals surface area (Å²) < 4.78 is 0. The minimum absolute atomic E-state index is 0. The average molecular weight is 437 g/mol. The van der Waals surface area contributed by atoms with Crippen LogP contribution >= 0.6 is 0 Å². The molecule has 0 radical (unpaired) electrons. The first-order chi connectivity index (χ1) is 8.66. The van der Waals surface area contributed by atoms with Crippen molar-refractivity contribution in [3.63, 3.8) is 0 Å². The third-order valence-corrected chi connectivity index (χ3v) is 1.71. The molecule has 0 atom stereocenters. The van der Waals surface area contributed by atoms with E-state index in [-0.39, 0.29) is 25.8 Å². The second kappa shape index (κ2) is 51.1. The number of rotatable bonds is 6. The summed E-state index contributed by atoms with van der Waals surface area (Å²) in [6, 6.07) is 0. The number of nitrogens with zero attached hydrogens (tertiary/aromatic N) is 2. The fourth-order valence-corrected chi connectivity index (χ4v) is 0.447. The molecule has 0 saturated heterocycles. The summed E-state index contributed by atoms with van der Waals surface area (Å²) in [5, 5.41) is 7.94. The molecule has 0 heterocycles. The Morgan fingerprint density at radius 3 is 0.737 bits per heavy atom. The van der Waals surface area contributed by atoms with Gasteiger partial charge in [0.15, 0.2) is 0 Å². The fourth-order valence-electron chi connectivity index (χ4n) is 0.447. The van der Waals surface area contributed by atoms with Gasteiger partial charge in [0, 0.05) is 0 Å². The van der Waals surface area contributed by atoms with Gasteiger partial charge >= 0.3 is 25.8 Å². The summed E-state index contributed by atoms with van der Waals surface area (Å²) in [5.41, 5.74) is 0. The molecule has 0 N–H and O–H groups in total. The van der Waals surface area contributed by atoms with Crippen molar-refractivity contribution in [2.24, 2.45) is 0 Å².